The first-order chi connectivity index (χ1) is 14.9. The van der Waals surface area contributed by atoms with Crippen molar-refractivity contribution in [1.82, 2.24) is 14.8 Å². The van der Waals surface area contributed by atoms with E-state index < -0.39 is 11.5 Å². The maximum atomic E-state index is 12.7. The lowest BCUT2D eigenvalue weighted by molar-refractivity contribution is 0.0340. The van der Waals surface area contributed by atoms with Crippen LogP contribution in [-0.2, 0) is 13.0 Å². The summed E-state index contributed by atoms with van der Waals surface area (Å²) in [6, 6.07) is 5.96. The van der Waals surface area contributed by atoms with Crippen molar-refractivity contribution in [2.45, 2.75) is 32.9 Å². The summed E-state index contributed by atoms with van der Waals surface area (Å²) in [5.41, 5.74) is 3.04. The fourth-order valence-corrected chi connectivity index (χ4v) is 5.19. The monoisotopic (exact) mass is 440 g/mol. The first-order valence-corrected chi connectivity index (χ1v) is 11.1. The molecule has 1 atom stereocenters. The van der Waals surface area contributed by atoms with Crippen LogP contribution >= 0.6 is 11.3 Å². The molecule has 3 heterocycles. The summed E-state index contributed by atoms with van der Waals surface area (Å²) in [5, 5.41) is 24.6. The molecule has 1 unspecified atom stereocenters. The van der Waals surface area contributed by atoms with E-state index in [0.29, 0.717) is 31.0 Å². The van der Waals surface area contributed by atoms with E-state index in [-0.39, 0.29) is 12.4 Å². The van der Waals surface area contributed by atoms with Crippen molar-refractivity contribution in [2.75, 3.05) is 24.7 Å². The highest BCUT2D eigenvalue weighted by Gasteiger charge is 2.42. The first-order valence-electron chi connectivity index (χ1n) is 10.3. The van der Waals surface area contributed by atoms with Crippen LogP contribution < -0.4 is 9.64 Å². The zero-order valence-corrected chi connectivity index (χ0v) is 18.2. The van der Waals surface area contributed by atoms with Crippen molar-refractivity contribution < 1.29 is 19.7 Å². The third kappa shape index (κ3) is 3.42. The minimum atomic E-state index is -1.01. The SMILES string of the molecule is CC1(C)Cc2nc(N3CCOc4ccc(-c5cnn(CCO)c5)cc43)sc2C(=O)C1O. The number of thiazole rings is 1. The molecule has 1 aliphatic heterocycles. The van der Waals surface area contributed by atoms with Gasteiger partial charge in [0.05, 0.1) is 42.2 Å². The molecule has 8 nitrogen and oxygen atoms in total. The lowest BCUT2D eigenvalue weighted by Crippen LogP contribution is -2.42. The summed E-state index contributed by atoms with van der Waals surface area (Å²) in [6.45, 7) is 5.41. The van der Waals surface area contributed by atoms with Crippen molar-refractivity contribution in [3.8, 4) is 16.9 Å². The van der Waals surface area contributed by atoms with Gasteiger partial charge in [-0.2, -0.15) is 5.10 Å². The second-order valence-corrected chi connectivity index (χ2v) is 9.58. The molecule has 0 radical (unpaired) electrons. The largest absolute Gasteiger partial charge is 0.490 e. The second kappa shape index (κ2) is 7.44. The lowest BCUT2D eigenvalue weighted by atomic mass is 9.75. The number of rotatable bonds is 4. The summed E-state index contributed by atoms with van der Waals surface area (Å²) in [4.78, 5) is 20.1. The van der Waals surface area contributed by atoms with Crippen LogP contribution in [0.25, 0.3) is 11.1 Å². The molecule has 2 N–H and O–H groups in total. The minimum Gasteiger partial charge on any atom is -0.490 e. The molecule has 2 aliphatic rings. The van der Waals surface area contributed by atoms with Crippen molar-refractivity contribution in [2.24, 2.45) is 5.41 Å². The highest BCUT2D eigenvalue weighted by atomic mass is 32.1. The molecule has 162 valence electrons. The van der Waals surface area contributed by atoms with Gasteiger partial charge in [-0.05, 0) is 24.1 Å². The zero-order valence-electron chi connectivity index (χ0n) is 17.4. The number of hydrogen-bond donors (Lipinski definition) is 2. The number of aromatic nitrogens is 3. The molecule has 0 saturated heterocycles. The first kappa shape index (κ1) is 20.2. The molecule has 31 heavy (non-hydrogen) atoms. The van der Waals surface area contributed by atoms with Gasteiger partial charge in [-0.15, -0.1) is 0 Å². The zero-order chi connectivity index (χ0) is 21.8. The Morgan fingerprint density at radius 1 is 1.32 bits per heavy atom. The Bertz CT molecular complexity index is 1150. The smallest absolute Gasteiger partial charge is 0.203 e. The molecule has 9 heteroatoms. The van der Waals surface area contributed by atoms with Gasteiger partial charge in [0.25, 0.3) is 0 Å². The average Bonchev–Trinajstić information content (AvgIpc) is 3.38. The molecule has 0 amide bonds. The minimum absolute atomic E-state index is 0.0336. The van der Waals surface area contributed by atoms with E-state index in [2.05, 4.69) is 10.00 Å². The number of ketones is 1. The van der Waals surface area contributed by atoms with E-state index in [1.54, 1.807) is 10.9 Å². The number of benzene rings is 1. The lowest BCUT2D eigenvalue weighted by Gasteiger charge is -2.32. The van der Waals surface area contributed by atoms with E-state index in [1.807, 2.05) is 38.2 Å². The molecular formula is C22H24N4O4S. The van der Waals surface area contributed by atoms with Crippen LogP contribution in [0.5, 0.6) is 5.75 Å². The number of anilines is 2. The number of fused-ring (bicyclic) bond motifs is 2. The standard InChI is InChI=1S/C22H24N4O4S/c1-22(2)10-15-19(18(28)20(22)29)31-21(24-15)26-6-8-30-17-4-3-13(9-16(17)26)14-11-23-25(12-14)5-7-27/h3-4,9,11-12,20,27,29H,5-8,10H2,1-2H3. The molecule has 0 fully saturated rings. The maximum Gasteiger partial charge on any atom is 0.203 e. The van der Waals surface area contributed by atoms with Gasteiger partial charge in [0, 0.05) is 17.2 Å². The van der Waals surface area contributed by atoms with Crippen LogP contribution in [0, 0.1) is 5.41 Å². The Morgan fingerprint density at radius 2 is 2.16 bits per heavy atom. The number of aliphatic hydroxyl groups excluding tert-OH is 2. The number of carbonyl (C=O) groups excluding carboxylic acids is 1. The van der Waals surface area contributed by atoms with E-state index in [0.717, 1.165) is 33.4 Å². The highest BCUT2D eigenvalue weighted by Crippen LogP contribution is 2.44. The molecule has 0 bridgehead atoms. The van der Waals surface area contributed by atoms with Crippen molar-refractivity contribution in [1.29, 1.82) is 0 Å². The summed E-state index contributed by atoms with van der Waals surface area (Å²) in [7, 11) is 0. The van der Waals surface area contributed by atoms with E-state index in [9.17, 15) is 9.90 Å². The van der Waals surface area contributed by atoms with Gasteiger partial charge in [-0.3, -0.25) is 9.48 Å². The molecular weight excluding hydrogens is 416 g/mol. The summed E-state index contributed by atoms with van der Waals surface area (Å²) < 4.78 is 7.56. The Labute approximate surface area is 183 Å². The Morgan fingerprint density at radius 3 is 2.97 bits per heavy atom. The van der Waals surface area contributed by atoms with Crippen LogP contribution in [0.4, 0.5) is 10.8 Å². The molecule has 1 aliphatic carbocycles. The summed E-state index contributed by atoms with van der Waals surface area (Å²) in [5.74, 6) is 0.520. The Balaban J connectivity index is 1.52. The average molecular weight is 441 g/mol. The van der Waals surface area contributed by atoms with Gasteiger partial charge >= 0.3 is 0 Å². The van der Waals surface area contributed by atoms with Crippen LogP contribution in [0.2, 0.25) is 0 Å². The molecule has 0 spiro atoms. The van der Waals surface area contributed by atoms with Gasteiger partial charge in [0.2, 0.25) is 5.78 Å². The van der Waals surface area contributed by atoms with Gasteiger partial charge in [0.15, 0.2) is 5.13 Å². The summed E-state index contributed by atoms with van der Waals surface area (Å²) >= 11 is 1.34. The predicted octanol–water partition coefficient (Wildman–Crippen LogP) is 2.66. The summed E-state index contributed by atoms with van der Waals surface area (Å²) in [6.07, 6.45) is 3.23. The van der Waals surface area contributed by atoms with Crippen LogP contribution in [-0.4, -0.2) is 56.6 Å². The quantitative estimate of drug-likeness (QED) is 0.643. The molecule has 2 aromatic heterocycles. The second-order valence-electron chi connectivity index (χ2n) is 8.60. The van der Waals surface area contributed by atoms with E-state index in [1.165, 1.54) is 11.3 Å². The van der Waals surface area contributed by atoms with Crippen LogP contribution in [0.3, 0.4) is 0 Å². The normalized spacial score (nSPS) is 19.7. The number of nitrogens with zero attached hydrogens (tertiary/aromatic N) is 4. The molecule has 0 saturated carbocycles. The third-order valence-electron chi connectivity index (χ3n) is 5.87. The molecule has 3 aromatic rings. The maximum absolute atomic E-state index is 12.7. The fraction of sp³-hybridized carbons (Fsp3) is 0.409. The third-order valence-corrected chi connectivity index (χ3v) is 7.01. The van der Waals surface area contributed by atoms with Gasteiger partial charge in [-0.25, -0.2) is 4.98 Å². The number of ether oxygens (including phenoxy) is 1. The highest BCUT2D eigenvalue weighted by molar-refractivity contribution is 7.17. The van der Waals surface area contributed by atoms with Crippen LogP contribution in [0.1, 0.15) is 29.2 Å². The molecule has 5 rings (SSSR count). The predicted molar refractivity (Wildman–Crippen MR) is 117 cm³/mol. The number of aliphatic hydroxyl groups is 2. The van der Waals surface area contributed by atoms with Crippen molar-refractivity contribution in [3.63, 3.8) is 0 Å². The Hall–Kier alpha value is -2.75. The van der Waals surface area contributed by atoms with Gasteiger partial charge < -0.3 is 19.8 Å². The van der Waals surface area contributed by atoms with Crippen molar-refractivity contribution >= 4 is 27.9 Å². The molecule has 1 aromatic carbocycles. The van der Waals surface area contributed by atoms with E-state index in [4.69, 9.17) is 14.8 Å². The van der Waals surface area contributed by atoms with Gasteiger partial charge in [0.1, 0.15) is 18.5 Å². The van der Waals surface area contributed by atoms with Crippen molar-refractivity contribution in [3.05, 3.63) is 41.2 Å². The Kier molecular flexibility index (Phi) is 4.84. The fourth-order valence-electron chi connectivity index (χ4n) is 4.11. The van der Waals surface area contributed by atoms with Gasteiger partial charge in [-0.1, -0.05) is 31.3 Å². The number of Topliss-reactive ketones (excluding diaryl/α,β-unsaturated/α-hetero) is 1. The number of hydrogen-bond acceptors (Lipinski definition) is 8. The topological polar surface area (TPSA) is 101 Å². The van der Waals surface area contributed by atoms with Crippen LogP contribution in [0.15, 0.2) is 30.6 Å². The number of carbonyl (C=O) groups is 1. The van der Waals surface area contributed by atoms with E-state index >= 15 is 0 Å².